The quantitative estimate of drug-likeness (QED) is 0.520. The van der Waals surface area contributed by atoms with Gasteiger partial charge in [0.1, 0.15) is 6.10 Å². The summed E-state index contributed by atoms with van der Waals surface area (Å²) >= 11 is 0. The molecule has 1 aliphatic rings. The number of rotatable bonds is 1. The van der Waals surface area contributed by atoms with Crippen molar-refractivity contribution in [3.63, 3.8) is 0 Å². The standard InChI is InChI=1S/C8H14O2/c1-5(2)8-6(3)4-7(9)10-8/h5-6,8H,4H2,1-3H3/t6-,8+/m1/s1. The Morgan fingerprint density at radius 2 is 2.20 bits per heavy atom. The van der Waals surface area contributed by atoms with Crippen LogP contribution in [0.15, 0.2) is 0 Å². The SMILES string of the molecule is CC(C)[C@@H]1OC(=O)C[C@H]1C. The number of hydrogen-bond donors (Lipinski definition) is 0. The van der Waals surface area contributed by atoms with E-state index in [2.05, 4.69) is 20.8 Å². The maximum Gasteiger partial charge on any atom is 0.306 e. The first kappa shape index (κ1) is 7.58. The van der Waals surface area contributed by atoms with Crippen molar-refractivity contribution in [2.75, 3.05) is 0 Å². The third kappa shape index (κ3) is 1.31. The van der Waals surface area contributed by atoms with E-state index >= 15 is 0 Å². The number of carbonyl (C=O) groups is 1. The average molecular weight is 142 g/mol. The molecule has 0 spiro atoms. The van der Waals surface area contributed by atoms with Crippen LogP contribution < -0.4 is 0 Å². The van der Waals surface area contributed by atoms with Crippen LogP contribution in [0.4, 0.5) is 0 Å². The lowest BCUT2D eigenvalue weighted by Crippen LogP contribution is -2.20. The molecule has 1 saturated heterocycles. The Balaban J connectivity index is 2.54. The molecule has 2 heteroatoms. The van der Waals surface area contributed by atoms with Crippen molar-refractivity contribution in [1.29, 1.82) is 0 Å². The highest BCUT2D eigenvalue weighted by molar-refractivity contribution is 5.72. The Bertz CT molecular complexity index is 140. The normalized spacial score (nSPS) is 33.0. The Morgan fingerprint density at radius 3 is 2.40 bits per heavy atom. The molecule has 1 fully saturated rings. The van der Waals surface area contributed by atoms with Crippen LogP contribution in [0.3, 0.4) is 0 Å². The summed E-state index contributed by atoms with van der Waals surface area (Å²) in [6, 6.07) is 0. The summed E-state index contributed by atoms with van der Waals surface area (Å²) in [5, 5.41) is 0. The Morgan fingerprint density at radius 1 is 1.60 bits per heavy atom. The third-order valence-corrected chi connectivity index (χ3v) is 1.97. The molecule has 0 radical (unpaired) electrons. The first-order valence-electron chi connectivity index (χ1n) is 3.80. The summed E-state index contributed by atoms with van der Waals surface area (Å²) in [6.07, 6.45) is 0.760. The molecule has 1 rings (SSSR count). The van der Waals surface area contributed by atoms with Crippen LogP contribution in [-0.2, 0) is 9.53 Å². The van der Waals surface area contributed by atoms with Crippen LogP contribution in [-0.4, -0.2) is 12.1 Å². The van der Waals surface area contributed by atoms with Gasteiger partial charge in [0.05, 0.1) is 6.42 Å². The topological polar surface area (TPSA) is 26.3 Å². The van der Waals surface area contributed by atoms with Gasteiger partial charge >= 0.3 is 5.97 Å². The lowest BCUT2D eigenvalue weighted by Gasteiger charge is -2.16. The van der Waals surface area contributed by atoms with E-state index in [0.717, 1.165) is 0 Å². The number of cyclic esters (lactones) is 1. The van der Waals surface area contributed by atoms with E-state index in [1.165, 1.54) is 0 Å². The second-order valence-electron chi connectivity index (χ2n) is 3.38. The summed E-state index contributed by atoms with van der Waals surface area (Å²) in [7, 11) is 0. The van der Waals surface area contributed by atoms with Gasteiger partial charge in [-0.05, 0) is 5.92 Å². The predicted octanol–water partition coefficient (Wildman–Crippen LogP) is 1.59. The van der Waals surface area contributed by atoms with E-state index < -0.39 is 0 Å². The van der Waals surface area contributed by atoms with Crippen molar-refractivity contribution in [2.24, 2.45) is 11.8 Å². The molecule has 58 valence electrons. The van der Waals surface area contributed by atoms with Gasteiger partial charge in [-0.15, -0.1) is 0 Å². The first-order valence-corrected chi connectivity index (χ1v) is 3.80. The fourth-order valence-electron chi connectivity index (χ4n) is 1.49. The van der Waals surface area contributed by atoms with Gasteiger partial charge in [-0.1, -0.05) is 20.8 Å². The molecule has 0 aromatic heterocycles. The molecular formula is C8H14O2. The van der Waals surface area contributed by atoms with Gasteiger partial charge in [-0.2, -0.15) is 0 Å². The Hall–Kier alpha value is -0.530. The lowest BCUT2D eigenvalue weighted by molar-refractivity contribution is -0.143. The van der Waals surface area contributed by atoms with Crippen LogP contribution in [0.5, 0.6) is 0 Å². The number of esters is 1. The highest BCUT2D eigenvalue weighted by Crippen LogP contribution is 2.26. The second-order valence-corrected chi connectivity index (χ2v) is 3.38. The monoisotopic (exact) mass is 142 g/mol. The van der Waals surface area contributed by atoms with Gasteiger partial charge in [0.2, 0.25) is 0 Å². The van der Waals surface area contributed by atoms with E-state index in [4.69, 9.17) is 4.74 Å². The molecule has 2 nitrogen and oxygen atoms in total. The minimum atomic E-state index is -0.0359. The molecule has 0 bridgehead atoms. The minimum absolute atomic E-state index is 0.0359. The van der Waals surface area contributed by atoms with Gasteiger partial charge in [-0.3, -0.25) is 4.79 Å². The highest BCUT2D eigenvalue weighted by atomic mass is 16.6. The largest absolute Gasteiger partial charge is 0.462 e. The van der Waals surface area contributed by atoms with Crippen LogP contribution >= 0.6 is 0 Å². The fourth-order valence-corrected chi connectivity index (χ4v) is 1.49. The number of hydrogen-bond acceptors (Lipinski definition) is 2. The molecule has 0 saturated carbocycles. The zero-order valence-corrected chi connectivity index (χ0v) is 6.76. The number of carbonyl (C=O) groups excluding carboxylic acids is 1. The van der Waals surface area contributed by atoms with Crippen molar-refractivity contribution >= 4 is 5.97 Å². The van der Waals surface area contributed by atoms with Crippen LogP contribution in [0.25, 0.3) is 0 Å². The molecule has 0 N–H and O–H groups in total. The second kappa shape index (κ2) is 2.60. The van der Waals surface area contributed by atoms with Crippen LogP contribution in [0.1, 0.15) is 27.2 Å². The molecule has 1 heterocycles. The minimum Gasteiger partial charge on any atom is -0.462 e. The molecule has 0 aromatic carbocycles. The van der Waals surface area contributed by atoms with E-state index in [0.29, 0.717) is 18.3 Å². The van der Waals surface area contributed by atoms with Crippen molar-refractivity contribution in [3.8, 4) is 0 Å². The van der Waals surface area contributed by atoms with Gasteiger partial charge in [-0.25, -0.2) is 0 Å². The van der Waals surface area contributed by atoms with E-state index in [-0.39, 0.29) is 12.1 Å². The van der Waals surface area contributed by atoms with Crippen LogP contribution in [0.2, 0.25) is 0 Å². The van der Waals surface area contributed by atoms with Gasteiger partial charge in [0, 0.05) is 5.92 Å². The third-order valence-electron chi connectivity index (χ3n) is 1.97. The summed E-state index contributed by atoms with van der Waals surface area (Å²) < 4.78 is 5.10. The summed E-state index contributed by atoms with van der Waals surface area (Å²) in [5.41, 5.74) is 0. The highest BCUT2D eigenvalue weighted by Gasteiger charge is 2.33. The molecule has 2 atom stereocenters. The fraction of sp³-hybridized carbons (Fsp3) is 0.875. The summed E-state index contributed by atoms with van der Waals surface area (Å²) in [5.74, 6) is 0.833. The Kier molecular flexibility index (Phi) is 1.97. The molecule has 1 aliphatic heterocycles. The molecule has 10 heavy (non-hydrogen) atoms. The molecule has 0 unspecified atom stereocenters. The molecule has 0 amide bonds. The van der Waals surface area contributed by atoms with Crippen molar-refractivity contribution in [1.82, 2.24) is 0 Å². The summed E-state index contributed by atoms with van der Waals surface area (Å²) in [6.45, 7) is 6.23. The van der Waals surface area contributed by atoms with Gasteiger partial charge in [0.25, 0.3) is 0 Å². The first-order chi connectivity index (χ1) is 4.61. The van der Waals surface area contributed by atoms with E-state index in [9.17, 15) is 4.79 Å². The van der Waals surface area contributed by atoms with Gasteiger partial charge in [0.15, 0.2) is 0 Å². The zero-order chi connectivity index (χ0) is 7.72. The molecule has 0 aliphatic carbocycles. The van der Waals surface area contributed by atoms with Crippen molar-refractivity contribution in [2.45, 2.75) is 33.3 Å². The van der Waals surface area contributed by atoms with Gasteiger partial charge < -0.3 is 4.74 Å². The summed E-state index contributed by atoms with van der Waals surface area (Å²) in [4.78, 5) is 10.7. The van der Waals surface area contributed by atoms with Crippen LogP contribution in [0, 0.1) is 11.8 Å². The molecular weight excluding hydrogens is 128 g/mol. The number of ether oxygens (including phenoxy) is 1. The van der Waals surface area contributed by atoms with E-state index in [1.807, 2.05) is 0 Å². The average Bonchev–Trinajstić information content (AvgIpc) is 2.10. The van der Waals surface area contributed by atoms with E-state index in [1.54, 1.807) is 0 Å². The van der Waals surface area contributed by atoms with Crippen molar-refractivity contribution < 1.29 is 9.53 Å². The maximum absolute atomic E-state index is 10.7. The molecule has 0 aromatic rings. The lowest BCUT2D eigenvalue weighted by atomic mass is 9.95. The Labute approximate surface area is 61.6 Å². The van der Waals surface area contributed by atoms with Crippen molar-refractivity contribution in [3.05, 3.63) is 0 Å². The maximum atomic E-state index is 10.7. The smallest absolute Gasteiger partial charge is 0.306 e. The zero-order valence-electron chi connectivity index (χ0n) is 6.76. The predicted molar refractivity (Wildman–Crippen MR) is 38.5 cm³/mol.